The lowest BCUT2D eigenvalue weighted by Gasteiger charge is -2.07. The number of hydrogen-bond acceptors (Lipinski definition) is 4. The zero-order valence-electron chi connectivity index (χ0n) is 15.6. The van der Waals surface area contributed by atoms with Gasteiger partial charge in [-0.3, -0.25) is 25.2 Å². The van der Waals surface area contributed by atoms with E-state index in [0.29, 0.717) is 5.56 Å². The minimum Gasteiger partial charge on any atom is -0.294 e. The molecular formula is C21H24N2O3S. The number of ketones is 1. The Hall–Kier alpha value is -2.60. The van der Waals surface area contributed by atoms with Crippen molar-refractivity contribution in [1.82, 2.24) is 10.9 Å². The van der Waals surface area contributed by atoms with Crippen molar-refractivity contribution in [2.45, 2.75) is 38.0 Å². The molecule has 0 unspecified atom stereocenters. The average molecular weight is 385 g/mol. The summed E-state index contributed by atoms with van der Waals surface area (Å²) in [6.45, 7) is 4.05. The molecule has 27 heavy (non-hydrogen) atoms. The number of benzene rings is 2. The standard InChI is InChI=1S/C21H24N2O3S/c1-3-16-6-8-17(9-7-16)19(24)12-13-20(25)22-23-21(26)14-27-18-10-4-15(2)5-11-18/h4-11H,3,12-14H2,1-2H3,(H,22,25)(H,23,26). The van der Waals surface area contributed by atoms with Gasteiger partial charge in [0.25, 0.3) is 0 Å². The lowest BCUT2D eigenvalue weighted by Crippen LogP contribution is -2.42. The summed E-state index contributed by atoms with van der Waals surface area (Å²) in [7, 11) is 0. The number of hydrazine groups is 1. The Kier molecular flexibility index (Phi) is 8.07. The fourth-order valence-electron chi connectivity index (χ4n) is 2.32. The van der Waals surface area contributed by atoms with Crippen molar-refractivity contribution in [2.75, 3.05) is 5.75 Å². The number of carbonyl (C=O) groups is 3. The number of thioether (sulfide) groups is 1. The normalized spacial score (nSPS) is 10.3. The van der Waals surface area contributed by atoms with Crippen LogP contribution in [0, 0.1) is 6.92 Å². The number of amides is 2. The van der Waals surface area contributed by atoms with Crippen molar-refractivity contribution in [3.63, 3.8) is 0 Å². The molecule has 0 aliphatic heterocycles. The molecule has 2 rings (SSSR count). The van der Waals surface area contributed by atoms with E-state index in [0.717, 1.165) is 22.4 Å². The molecule has 2 N–H and O–H groups in total. The highest BCUT2D eigenvalue weighted by Crippen LogP contribution is 2.17. The molecule has 0 spiro atoms. The highest BCUT2D eigenvalue weighted by molar-refractivity contribution is 8.00. The molecule has 0 aliphatic rings. The van der Waals surface area contributed by atoms with Crippen molar-refractivity contribution in [1.29, 1.82) is 0 Å². The van der Waals surface area contributed by atoms with Crippen LogP contribution in [0.1, 0.15) is 41.3 Å². The lowest BCUT2D eigenvalue weighted by atomic mass is 10.0. The smallest absolute Gasteiger partial charge is 0.248 e. The SMILES string of the molecule is CCc1ccc(C(=O)CCC(=O)NNC(=O)CSc2ccc(C)cc2)cc1. The Bertz CT molecular complexity index is 786. The van der Waals surface area contributed by atoms with Crippen LogP contribution in [0.3, 0.4) is 0 Å². The second-order valence-corrected chi connectivity index (χ2v) is 7.22. The number of nitrogens with one attached hydrogen (secondary N) is 2. The van der Waals surface area contributed by atoms with E-state index < -0.39 is 0 Å². The summed E-state index contributed by atoms with van der Waals surface area (Å²) in [5.74, 6) is -0.571. The summed E-state index contributed by atoms with van der Waals surface area (Å²) in [5, 5.41) is 0. The van der Waals surface area contributed by atoms with Gasteiger partial charge in [0, 0.05) is 23.3 Å². The minimum absolute atomic E-state index is 0.0275. The second kappa shape index (κ2) is 10.5. The van der Waals surface area contributed by atoms with E-state index in [2.05, 4.69) is 17.8 Å². The zero-order chi connectivity index (χ0) is 19.6. The predicted octanol–water partition coefficient (Wildman–Crippen LogP) is 3.46. The molecule has 142 valence electrons. The van der Waals surface area contributed by atoms with E-state index in [4.69, 9.17) is 0 Å². The molecule has 2 aromatic rings. The van der Waals surface area contributed by atoms with Crippen LogP contribution in [0.4, 0.5) is 0 Å². The Morgan fingerprint density at radius 3 is 2.11 bits per heavy atom. The number of Topliss-reactive ketones (excluding diaryl/α,β-unsaturated/α-hetero) is 1. The van der Waals surface area contributed by atoms with Gasteiger partial charge in [-0.25, -0.2) is 0 Å². The van der Waals surface area contributed by atoms with Gasteiger partial charge in [-0.15, -0.1) is 11.8 Å². The van der Waals surface area contributed by atoms with E-state index in [-0.39, 0.29) is 36.2 Å². The fourth-order valence-corrected chi connectivity index (χ4v) is 3.02. The third kappa shape index (κ3) is 7.27. The van der Waals surface area contributed by atoms with Crippen molar-refractivity contribution in [3.05, 3.63) is 65.2 Å². The van der Waals surface area contributed by atoms with E-state index in [1.165, 1.54) is 11.8 Å². The number of aryl methyl sites for hydroxylation is 2. The van der Waals surface area contributed by atoms with Gasteiger partial charge in [0.05, 0.1) is 5.75 Å². The summed E-state index contributed by atoms with van der Waals surface area (Å²) < 4.78 is 0. The Labute approximate surface area is 163 Å². The summed E-state index contributed by atoms with van der Waals surface area (Å²) in [4.78, 5) is 36.7. The zero-order valence-corrected chi connectivity index (χ0v) is 16.4. The summed E-state index contributed by atoms with van der Waals surface area (Å²) in [6, 6.07) is 15.3. The van der Waals surface area contributed by atoms with Gasteiger partial charge in [0.1, 0.15) is 0 Å². The van der Waals surface area contributed by atoms with E-state index >= 15 is 0 Å². The fraction of sp³-hybridized carbons (Fsp3) is 0.286. The van der Waals surface area contributed by atoms with Gasteiger partial charge in [0.15, 0.2) is 5.78 Å². The van der Waals surface area contributed by atoms with Crippen LogP contribution in [-0.2, 0) is 16.0 Å². The van der Waals surface area contributed by atoms with E-state index in [1.54, 1.807) is 12.1 Å². The monoisotopic (exact) mass is 384 g/mol. The maximum absolute atomic E-state index is 12.1. The highest BCUT2D eigenvalue weighted by atomic mass is 32.2. The molecule has 0 heterocycles. The summed E-state index contributed by atoms with van der Waals surface area (Å²) in [6.07, 6.45) is 1.05. The van der Waals surface area contributed by atoms with Crippen LogP contribution in [-0.4, -0.2) is 23.4 Å². The molecule has 2 amide bonds. The molecule has 0 bridgehead atoms. The van der Waals surface area contributed by atoms with Gasteiger partial charge in [-0.2, -0.15) is 0 Å². The first kappa shape index (κ1) is 20.7. The second-order valence-electron chi connectivity index (χ2n) is 6.17. The first-order valence-corrected chi connectivity index (χ1v) is 9.85. The molecule has 0 fully saturated rings. The molecule has 0 radical (unpaired) electrons. The molecule has 0 atom stereocenters. The maximum atomic E-state index is 12.1. The Morgan fingerprint density at radius 2 is 1.48 bits per heavy atom. The molecular weight excluding hydrogens is 360 g/mol. The molecule has 2 aromatic carbocycles. The quantitative estimate of drug-likeness (QED) is 0.415. The molecule has 5 nitrogen and oxygen atoms in total. The van der Waals surface area contributed by atoms with Gasteiger partial charge in [-0.1, -0.05) is 48.9 Å². The van der Waals surface area contributed by atoms with Crippen LogP contribution >= 0.6 is 11.8 Å². The number of carbonyl (C=O) groups excluding carboxylic acids is 3. The topological polar surface area (TPSA) is 75.3 Å². The minimum atomic E-state index is -0.387. The molecule has 0 saturated heterocycles. The first-order valence-electron chi connectivity index (χ1n) is 8.87. The van der Waals surface area contributed by atoms with Gasteiger partial charge < -0.3 is 0 Å². The number of rotatable bonds is 8. The summed E-state index contributed by atoms with van der Waals surface area (Å²) >= 11 is 1.39. The summed E-state index contributed by atoms with van der Waals surface area (Å²) in [5.41, 5.74) is 7.64. The Balaban J connectivity index is 1.66. The molecule has 0 saturated carbocycles. The van der Waals surface area contributed by atoms with Crippen LogP contribution in [0.25, 0.3) is 0 Å². The third-order valence-corrected chi connectivity index (χ3v) is 5.01. The van der Waals surface area contributed by atoms with Crippen molar-refractivity contribution in [3.8, 4) is 0 Å². The highest BCUT2D eigenvalue weighted by Gasteiger charge is 2.10. The van der Waals surface area contributed by atoms with Crippen LogP contribution in [0.2, 0.25) is 0 Å². The largest absolute Gasteiger partial charge is 0.294 e. The molecule has 6 heteroatoms. The Morgan fingerprint density at radius 1 is 0.852 bits per heavy atom. The number of hydrogen-bond donors (Lipinski definition) is 2. The molecule has 0 aromatic heterocycles. The molecule has 0 aliphatic carbocycles. The average Bonchev–Trinajstić information content (AvgIpc) is 2.70. The van der Waals surface area contributed by atoms with Crippen molar-refractivity contribution in [2.24, 2.45) is 0 Å². The lowest BCUT2D eigenvalue weighted by molar-refractivity contribution is -0.127. The van der Waals surface area contributed by atoms with Crippen molar-refractivity contribution >= 4 is 29.4 Å². The third-order valence-electron chi connectivity index (χ3n) is 4.00. The van der Waals surface area contributed by atoms with Crippen LogP contribution < -0.4 is 10.9 Å². The maximum Gasteiger partial charge on any atom is 0.248 e. The van der Waals surface area contributed by atoms with Crippen LogP contribution in [0.5, 0.6) is 0 Å². The van der Waals surface area contributed by atoms with Gasteiger partial charge in [0.2, 0.25) is 11.8 Å². The van der Waals surface area contributed by atoms with Gasteiger partial charge >= 0.3 is 0 Å². The van der Waals surface area contributed by atoms with Gasteiger partial charge in [-0.05, 0) is 31.0 Å². The van der Waals surface area contributed by atoms with Crippen molar-refractivity contribution < 1.29 is 14.4 Å². The van der Waals surface area contributed by atoms with Crippen LogP contribution in [0.15, 0.2) is 53.4 Å². The predicted molar refractivity (Wildman–Crippen MR) is 108 cm³/mol. The van der Waals surface area contributed by atoms with E-state index in [1.807, 2.05) is 43.3 Å². The first-order chi connectivity index (χ1) is 13.0. The van der Waals surface area contributed by atoms with E-state index in [9.17, 15) is 14.4 Å².